The molecule has 4 heteroatoms. The molecule has 0 atom stereocenters. The lowest BCUT2D eigenvalue weighted by Crippen LogP contribution is -2.49. The second kappa shape index (κ2) is 6.81. The summed E-state index contributed by atoms with van der Waals surface area (Å²) in [6, 6.07) is 20.4. The molecular weight excluding hydrogens is 268 g/mol. The van der Waals surface area contributed by atoms with Crippen molar-refractivity contribution >= 4 is 8.80 Å². The van der Waals surface area contributed by atoms with Crippen molar-refractivity contribution in [2.75, 3.05) is 21.3 Å². The summed E-state index contributed by atoms with van der Waals surface area (Å²) in [4.78, 5) is 0. The van der Waals surface area contributed by atoms with Crippen LogP contribution in [0, 0.1) is 0 Å². The van der Waals surface area contributed by atoms with Gasteiger partial charge in [-0.2, -0.15) is 0 Å². The SMILES string of the molecule is CO[Si](OC)(OC)C(c1ccccc1)c1ccccc1. The van der Waals surface area contributed by atoms with Crippen LogP contribution in [0.3, 0.4) is 0 Å². The van der Waals surface area contributed by atoms with Gasteiger partial charge in [0, 0.05) is 21.3 Å². The Morgan fingerprint density at radius 1 is 0.650 bits per heavy atom. The summed E-state index contributed by atoms with van der Waals surface area (Å²) in [5.41, 5.74) is 2.23. The molecule has 0 saturated heterocycles. The van der Waals surface area contributed by atoms with Crippen molar-refractivity contribution < 1.29 is 13.3 Å². The Morgan fingerprint density at radius 3 is 1.30 bits per heavy atom. The van der Waals surface area contributed by atoms with Gasteiger partial charge >= 0.3 is 8.80 Å². The van der Waals surface area contributed by atoms with Gasteiger partial charge in [-0.15, -0.1) is 0 Å². The topological polar surface area (TPSA) is 27.7 Å². The highest BCUT2D eigenvalue weighted by Gasteiger charge is 2.49. The van der Waals surface area contributed by atoms with Crippen molar-refractivity contribution in [3.63, 3.8) is 0 Å². The van der Waals surface area contributed by atoms with E-state index in [4.69, 9.17) is 13.3 Å². The monoisotopic (exact) mass is 288 g/mol. The van der Waals surface area contributed by atoms with Gasteiger partial charge < -0.3 is 13.3 Å². The maximum atomic E-state index is 5.70. The molecule has 0 aliphatic heterocycles. The fraction of sp³-hybridized carbons (Fsp3) is 0.250. The highest BCUT2D eigenvalue weighted by atomic mass is 28.4. The Balaban J connectivity index is 2.55. The third-order valence-electron chi connectivity index (χ3n) is 3.47. The highest BCUT2D eigenvalue weighted by molar-refractivity contribution is 6.63. The maximum absolute atomic E-state index is 5.70. The molecule has 0 aliphatic rings. The van der Waals surface area contributed by atoms with Crippen LogP contribution in [0.5, 0.6) is 0 Å². The van der Waals surface area contributed by atoms with Crippen molar-refractivity contribution in [3.05, 3.63) is 71.8 Å². The molecule has 106 valence electrons. The number of benzene rings is 2. The zero-order valence-electron chi connectivity index (χ0n) is 12.1. The molecule has 0 fully saturated rings. The molecule has 0 unspecified atom stereocenters. The van der Waals surface area contributed by atoms with E-state index in [1.54, 1.807) is 21.3 Å². The van der Waals surface area contributed by atoms with Crippen molar-refractivity contribution in [1.82, 2.24) is 0 Å². The Bertz CT molecular complexity index is 464. The van der Waals surface area contributed by atoms with Gasteiger partial charge in [0.05, 0.1) is 5.54 Å². The molecule has 0 radical (unpaired) electrons. The van der Waals surface area contributed by atoms with Gasteiger partial charge in [0.25, 0.3) is 0 Å². The molecule has 0 saturated carbocycles. The van der Waals surface area contributed by atoms with Gasteiger partial charge in [-0.25, -0.2) is 0 Å². The standard InChI is InChI=1S/C16H20O3Si/c1-17-20(18-2,19-3)16(14-10-6-4-7-11-14)15-12-8-5-9-13-15/h4-13,16H,1-3H3. The summed E-state index contributed by atoms with van der Waals surface area (Å²) < 4.78 is 17.1. The van der Waals surface area contributed by atoms with E-state index >= 15 is 0 Å². The minimum Gasteiger partial charge on any atom is -0.376 e. The van der Waals surface area contributed by atoms with E-state index < -0.39 is 8.80 Å². The third kappa shape index (κ3) is 2.83. The molecule has 2 rings (SSSR count). The largest absolute Gasteiger partial charge is 0.512 e. The van der Waals surface area contributed by atoms with Gasteiger partial charge in [0.2, 0.25) is 0 Å². The first-order valence-corrected chi connectivity index (χ1v) is 8.33. The van der Waals surface area contributed by atoms with E-state index in [1.165, 1.54) is 0 Å². The minimum atomic E-state index is -2.83. The summed E-state index contributed by atoms with van der Waals surface area (Å²) >= 11 is 0. The smallest absolute Gasteiger partial charge is 0.376 e. The molecular formula is C16H20O3Si. The van der Waals surface area contributed by atoms with Gasteiger partial charge in [0.15, 0.2) is 0 Å². The number of rotatable bonds is 6. The third-order valence-corrected chi connectivity index (χ3v) is 6.55. The van der Waals surface area contributed by atoms with Crippen LogP contribution in [0.25, 0.3) is 0 Å². The Hall–Kier alpha value is -1.46. The van der Waals surface area contributed by atoms with E-state index in [0.717, 1.165) is 11.1 Å². The highest BCUT2D eigenvalue weighted by Crippen LogP contribution is 2.34. The van der Waals surface area contributed by atoms with Crippen LogP contribution < -0.4 is 0 Å². The summed E-state index contributed by atoms with van der Waals surface area (Å²) in [7, 11) is 2.12. The van der Waals surface area contributed by atoms with Gasteiger partial charge in [-0.1, -0.05) is 60.7 Å². The van der Waals surface area contributed by atoms with Crippen LogP contribution in [0.15, 0.2) is 60.7 Å². The van der Waals surface area contributed by atoms with Crippen molar-refractivity contribution in [2.24, 2.45) is 0 Å². The fourth-order valence-corrected chi connectivity index (χ4v) is 4.90. The van der Waals surface area contributed by atoms with E-state index in [-0.39, 0.29) is 5.54 Å². The van der Waals surface area contributed by atoms with Crippen LogP contribution in [0.2, 0.25) is 0 Å². The van der Waals surface area contributed by atoms with Crippen LogP contribution >= 0.6 is 0 Å². The Morgan fingerprint density at radius 2 is 1.00 bits per heavy atom. The molecule has 3 nitrogen and oxygen atoms in total. The molecule has 0 bridgehead atoms. The van der Waals surface area contributed by atoms with Gasteiger partial charge in [-0.05, 0) is 11.1 Å². The zero-order valence-corrected chi connectivity index (χ0v) is 13.1. The second-order valence-corrected chi connectivity index (χ2v) is 7.48. The fourth-order valence-electron chi connectivity index (χ4n) is 2.50. The number of hydrogen-bond acceptors (Lipinski definition) is 3. The molecule has 0 heterocycles. The molecule has 0 spiro atoms. The zero-order chi connectivity index (χ0) is 14.4. The van der Waals surface area contributed by atoms with Crippen LogP contribution in [-0.2, 0) is 13.3 Å². The maximum Gasteiger partial charge on any atom is 0.512 e. The van der Waals surface area contributed by atoms with Gasteiger partial charge in [0.1, 0.15) is 0 Å². The predicted molar refractivity (Wildman–Crippen MR) is 81.5 cm³/mol. The Kier molecular flexibility index (Phi) is 5.09. The lowest BCUT2D eigenvalue weighted by atomic mass is 10.0. The average Bonchev–Trinajstić information content (AvgIpc) is 2.54. The number of hydrogen-bond donors (Lipinski definition) is 0. The molecule has 2 aromatic carbocycles. The van der Waals surface area contributed by atoms with E-state index in [9.17, 15) is 0 Å². The lowest BCUT2D eigenvalue weighted by molar-refractivity contribution is 0.116. The first-order chi connectivity index (χ1) is 9.77. The lowest BCUT2D eigenvalue weighted by Gasteiger charge is -2.33. The summed E-state index contributed by atoms with van der Waals surface area (Å²) in [6.07, 6.45) is 0. The van der Waals surface area contributed by atoms with Gasteiger partial charge in [-0.3, -0.25) is 0 Å². The van der Waals surface area contributed by atoms with Crippen LogP contribution in [0.4, 0.5) is 0 Å². The molecule has 0 amide bonds. The van der Waals surface area contributed by atoms with Crippen molar-refractivity contribution in [2.45, 2.75) is 5.54 Å². The normalized spacial score (nSPS) is 11.8. The molecule has 0 aromatic heterocycles. The quantitative estimate of drug-likeness (QED) is 0.764. The summed E-state index contributed by atoms with van der Waals surface area (Å²) in [6.45, 7) is 0. The predicted octanol–water partition coefficient (Wildman–Crippen LogP) is 3.24. The Labute approximate surface area is 121 Å². The average molecular weight is 288 g/mol. The van der Waals surface area contributed by atoms with Crippen molar-refractivity contribution in [3.8, 4) is 0 Å². The molecule has 20 heavy (non-hydrogen) atoms. The van der Waals surface area contributed by atoms with Crippen molar-refractivity contribution in [1.29, 1.82) is 0 Å². The van der Waals surface area contributed by atoms with E-state index in [0.29, 0.717) is 0 Å². The van der Waals surface area contributed by atoms with Crippen LogP contribution in [0.1, 0.15) is 16.7 Å². The van der Waals surface area contributed by atoms with E-state index in [1.807, 2.05) is 36.4 Å². The summed E-state index contributed by atoms with van der Waals surface area (Å²) in [5, 5.41) is 0. The first-order valence-electron chi connectivity index (χ1n) is 6.52. The van der Waals surface area contributed by atoms with E-state index in [2.05, 4.69) is 24.3 Å². The van der Waals surface area contributed by atoms with Crippen LogP contribution in [-0.4, -0.2) is 30.1 Å². The minimum absolute atomic E-state index is 0.0371. The molecule has 0 aliphatic carbocycles. The summed E-state index contributed by atoms with van der Waals surface area (Å²) in [5.74, 6) is 0. The first kappa shape index (κ1) is 14.9. The second-order valence-electron chi connectivity index (χ2n) is 4.47. The molecule has 2 aromatic rings. The molecule has 0 N–H and O–H groups in total.